The monoisotopic (exact) mass is 418 g/mol. The average Bonchev–Trinajstić information content (AvgIpc) is 2.63. The first-order valence-corrected chi connectivity index (χ1v) is 9.31. The zero-order valence-corrected chi connectivity index (χ0v) is 18.0. The Morgan fingerprint density at radius 3 is 2.39 bits per heavy atom. The molecule has 0 saturated carbocycles. The molecule has 0 aromatic heterocycles. The van der Waals surface area contributed by atoms with Crippen molar-refractivity contribution in [2.45, 2.75) is 45.3 Å². The van der Waals surface area contributed by atoms with Crippen LogP contribution in [0.2, 0.25) is 0 Å². The van der Waals surface area contributed by atoms with Crippen LogP contribution in [-0.2, 0) is 16.0 Å². The summed E-state index contributed by atoms with van der Waals surface area (Å²) in [7, 11) is 3.27. The molecule has 28 heavy (non-hydrogen) atoms. The third-order valence-corrected chi connectivity index (χ3v) is 4.69. The predicted octanol–water partition coefficient (Wildman–Crippen LogP) is 1.91. The summed E-state index contributed by atoms with van der Waals surface area (Å²) in [5.74, 6) is 1.09. The van der Waals surface area contributed by atoms with Crippen LogP contribution in [0.3, 0.4) is 0 Å². The van der Waals surface area contributed by atoms with E-state index < -0.39 is 18.1 Å². The van der Waals surface area contributed by atoms with E-state index in [0.717, 1.165) is 18.4 Å². The Morgan fingerprint density at radius 2 is 1.86 bits per heavy atom. The molecule has 1 amide bonds. The number of benzene rings is 1. The maximum atomic E-state index is 11.2. The molecule has 0 fully saturated rings. The second-order valence-electron chi connectivity index (χ2n) is 7.14. The van der Waals surface area contributed by atoms with Gasteiger partial charge in [0.2, 0.25) is 5.91 Å². The smallest absolute Gasteiger partial charge is 0.247 e. The van der Waals surface area contributed by atoms with Gasteiger partial charge in [0.05, 0.1) is 13.7 Å². The lowest BCUT2D eigenvalue weighted by molar-refractivity contribution is -0.127. The number of methoxy groups -OCH3 is 2. The summed E-state index contributed by atoms with van der Waals surface area (Å²) >= 11 is 0. The van der Waals surface area contributed by atoms with Gasteiger partial charge in [0.15, 0.2) is 11.5 Å². The fourth-order valence-electron chi connectivity index (χ4n) is 2.93. The van der Waals surface area contributed by atoms with E-state index in [-0.39, 0.29) is 18.3 Å². The van der Waals surface area contributed by atoms with E-state index in [1.54, 1.807) is 14.2 Å². The second-order valence-corrected chi connectivity index (χ2v) is 7.14. The zero-order valence-electron chi connectivity index (χ0n) is 17.2. The van der Waals surface area contributed by atoms with Crippen molar-refractivity contribution in [3.63, 3.8) is 0 Å². The maximum absolute atomic E-state index is 11.2. The molecule has 0 aliphatic carbocycles. The number of hydrogen-bond acceptors (Lipinski definition) is 6. The summed E-state index contributed by atoms with van der Waals surface area (Å²) in [6.45, 7) is 5.37. The van der Waals surface area contributed by atoms with Gasteiger partial charge in [-0.05, 0) is 42.4 Å². The Balaban J connectivity index is 0.00000729. The Kier molecular flexibility index (Phi) is 12.9. The van der Waals surface area contributed by atoms with Gasteiger partial charge in [-0.1, -0.05) is 19.9 Å². The summed E-state index contributed by atoms with van der Waals surface area (Å²) in [5.41, 5.74) is 12.2. The van der Waals surface area contributed by atoms with E-state index in [2.05, 4.69) is 13.8 Å². The lowest BCUT2D eigenvalue weighted by atomic mass is 9.83. The van der Waals surface area contributed by atoms with Crippen molar-refractivity contribution in [2.75, 3.05) is 27.4 Å². The van der Waals surface area contributed by atoms with Gasteiger partial charge in [-0.3, -0.25) is 4.79 Å². The molecule has 0 aliphatic rings. The molecule has 0 bridgehead atoms. The number of hydrogen-bond donors (Lipinski definition) is 3. The molecule has 1 aromatic rings. The standard InChI is InChI=1S/C20H34N2O5.ClH/c1-13(2)15(12-16(21)19(23)20(22)24)10-14-6-7-17(26-4)18(11-14)27-9-5-8-25-3;/h6-7,11,13,15-16,19,23H,5,8-10,12,21H2,1-4H3,(H2,22,24);1H. The van der Waals surface area contributed by atoms with E-state index in [1.807, 2.05) is 18.2 Å². The molecule has 1 aromatic carbocycles. The first kappa shape index (κ1) is 26.5. The van der Waals surface area contributed by atoms with Crippen molar-refractivity contribution in [3.05, 3.63) is 23.8 Å². The molecule has 0 saturated heterocycles. The molecule has 7 nitrogen and oxygen atoms in total. The highest BCUT2D eigenvalue weighted by atomic mass is 35.5. The van der Waals surface area contributed by atoms with Crippen molar-refractivity contribution in [1.29, 1.82) is 0 Å². The SMILES string of the molecule is COCCCOc1cc(CC(CC(N)C(O)C(N)=O)C(C)C)ccc1OC.Cl. The predicted molar refractivity (Wildman–Crippen MR) is 112 cm³/mol. The minimum absolute atomic E-state index is 0. The van der Waals surface area contributed by atoms with Crippen molar-refractivity contribution in [2.24, 2.45) is 23.3 Å². The number of primary amides is 1. The van der Waals surface area contributed by atoms with Crippen LogP contribution < -0.4 is 20.9 Å². The summed E-state index contributed by atoms with van der Waals surface area (Å²) < 4.78 is 16.2. The average molecular weight is 419 g/mol. The number of carbonyl (C=O) groups excluding carboxylic acids is 1. The van der Waals surface area contributed by atoms with Gasteiger partial charge in [0, 0.05) is 26.2 Å². The minimum Gasteiger partial charge on any atom is -0.493 e. The molecule has 0 spiro atoms. The van der Waals surface area contributed by atoms with Gasteiger partial charge in [-0.25, -0.2) is 0 Å². The molecular weight excluding hydrogens is 384 g/mol. The molecule has 3 atom stereocenters. The number of ether oxygens (including phenoxy) is 3. The summed E-state index contributed by atoms with van der Waals surface area (Å²) in [5, 5.41) is 9.80. The van der Waals surface area contributed by atoms with Crippen LogP contribution in [0.15, 0.2) is 18.2 Å². The fraction of sp³-hybridized carbons (Fsp3) is 0.650. The molecular formula is C20H35ClN2O5. The summed E-state index contributed by atoms with van der Waals surface area (Å²) in [6, 6.07) is 5.16. The van der Waals surface area contributed by atoms with Crippen LogP contribution in [0.4, 0.5) is 0 Å². The largest absolute Gasteiger partial charge is 0.493 e. The van der Waals surface area contributed by atoms with Crippen LogP contribution in [0.25, 0.3) is 0 Å². The second kappa shape index (κ2) is 13.6. The number of aliphatic hydroxyl groups is 1. The van der Waals surface area contributed by atoms with Crippen molar-refractivity contribution in [3.8, 4) is 11.5 Å². The van der Waals surface area contributed by atoms with Gasteiger partial charge in [0.25, 0.3) is 0 Å². The van der Waals surface area contributed by atoms with E-state index in [4.69, 9.17) is 25.7 Å². The third-order valence-electron chi connectivity index (χ3n) is 4.69. The van der Waals surface area contributed by atoms with Crippen LogP contribution >= 0.6 is 12.4 Å². The van der Waals surface area contributed by atoms with Crippen LogP contribution in [0, 0.1) is 11.8 Å². The van der Waals surface area contributed by atoms with E-state index in [0.29, 0.717) is 37.1 Å². The van der Waals surface area contributed by atoms with Crippen molar-refractivity contribution in [1.82, 2.24) is 0 Å². The van der Waals surface area contributed by atoms with Crippen LogP contribution in [0.1, 0.15) is 32.3 Å². The van der Waals surface area contributed by atoms with Crippen molar-refractivity contribution >= 4 is 18.3 Å². The lowest BCUT2D eigenvalue weighted by Gasteiger charge is -2.26. The normalized spacial score (nSPS) is 14.1. The fourth-order valence-corrected chi connectivity index (χ4v) is 2.93. The molecule has 0 radical (unpaired) electrons. The van der Waals surface area contributed by atoms with Crippen molar-refractivity contribution < 1.29 is 24.1 Å². The highest BCUT2D eigenvalue weighted by molar-refractivity contribution is 5.85. The van der Waals surface area contributed by atoms with Gasteiger partial charge >= 0.3 is 0 Å². The Labute approximate surface area is 174 Å². The molecule has 1 rings (SSSR count). The topological polar surface area (TPSA) is 117 Å². The van der Waals surface area contributed by atoms with E-state index >= 15 is 0 Å². The number of carbonyl (C=O) groups is 1. The lowest BCUT2D eigenvalue weighted by Crippen LogP contribution is -2.45. The molecule has 5 N–H and O–H groups in total. The van der Waals surface area contributed by atoms with Gasteiger partial charge in [-0.15, -0.1) is 12.4 Å². The highest BCUT2D eigenvalue weighted by Gasteiger charge is 2.25. The first-order valence-electron chi connectivity index (χ1n) is 9.31. The van der Waals surface area contributed by atoms with Gasteiger partial charge < -0.3 is 30.8 Å². The van der Waals surface area contributed by atoms with Gasteiger partial charge in [0.1, 0.15) is 6.10 Å². The summed E-state index contributed by atoms with van der Waals surface area (Å²) in [4.78, 5) is 11.2. The minimum atomic E-state index is -1.33. The quantitative estimate of drug-likeness (QED) is 0.421. The maximum Gasteiger partial charge on any atom is 0.247 e. The zero-order chi connectivity index (χ0) is 20.4. The first-order chi connectivity index (χ1) is 12.8. The highest BCUT2D eigenvalue weighted by Crippen LogP contribution is 2.31. The molecule has 0 heterocycles. The van der Waals surface area contributed by atoms with Crippen LogP contribution in [0.5, 0.6) is 11.5 Å². The number of rotatable bonds is 13. The number of aliphatic hydroxyl groups excluding tert-OH is 1. The third kappa shape index (κ3) is 8.65. The Hall–Kier alpha value is -1.54. The molecule has 0 aliphatic heterocycles. The summed E-state index contributed by atoms with van der Waals surface area (Å²) in [6.07, 6.45) is 0.702. The van der Waals surface area contributed by atoms with E-state index in [9.17, 15) is 9.90 Å². The van der Waals surface area contributed by atoms with E-state index in [1.165, 1.54) is 0 Å². The molecule has 8 heteroatoms. The Morgan fingerprint density at radius 1 is 1.18 bits per heavy atom. The van der Waals surface area contributed by atoms with Gasteiger partial charge in [-0.2, -0.15) is 0 Å². The molecule has 162 valence electrons. The number of amides is 1. The van der Waals surface area contributed by atoms with Crippen LogP contribution in [-0.4, -0.2) is 50.6 Å². The Bertz CT molecular complexity index is 586. The number of nitrogens with two attached hydrogens (primary N) is 2. The number of halogens is 1. The molecule has 3 unspecified atom stereocenters.